The van der Waals surface area contributed by atoms with Crippen LogP contribution in [-0.2, 0) is 17.9 Å². The van der Waals surface area contributed by atoms with Crippen LogP contribution in [0.2, 0.25) is 0 Å². The predicted molar refractivity (Wildman–Crippen MR) is 117 cm³/mol. The minimum atomic E-state index is -0.831. The summed E-state index contributed by atoms with van der Waals surface area (Å²) in [5.74, 6) is 0.389. The second-order valence-electron chi connectivity index (χ2n) is 7.18. The largest absolute Gasteiger partial charge is 0.492 e. The van der Waals surface area contributed by atoms with Gasteiger partial charge < -0.3 is 15.0 Å². The van der Waals surface area contributed by atoms with Crippen molar-refractivity contribution in [2.45, 2.75) is 26.9 Å². The van der Waals surface area contributed by atoms with Crippen LogP contribution in [0.1, 0.15) is 12.5 Å². The number of hydrogen-bond acceptors (Lipinski definition) is 6. The molecule has 0 fully saturated rings. The molecular formula is C22H23N5O4. The highest BCUT2D eigenvalue weighted by atomic mass is 16.5. The standard InChI is InChI=1S/C22H23N5O4/c1-3-31-18-7-5-4-6-17(18)23-19(28)14-27-21(30)20(29)26-13-12-25(22(26)24-27)16-10-8-15(2)9-11-16/h4-11H,3,12-14H2,1-2H3,(H,23,28). The van der Waals surface area contributed by atoms with Gasteiger partial charge in [-0.05, 0) is 38.1 Å². The molecule has 0 atom stereocenters. The summed E-state index contributed by atoms with van der Waals surface area (Å²) >= 11 is 0. The zero-order chi connectivity index (χ0) is 22.0. The Balaban J connectivity index is 1.61. The zero-order valence-electron chi connectivity index (χ0n) is 17.4. The van der Waals surface area contributed by atoms with Gasteiger partial charge in [-0.1, -0.05) is 29.8 Å². The third-order valence-electron chi connectivity index (χ3n) is 5.00. The second-order valence-corrected chi connectivity index (χ2v) is 7.18. The van der Waals surface area contributed by atoms with Gasteiger partial charge in [0.05, 0.1) is 12.3 Å². The normalized spacial score (nSPS) is 12.5. The van der Waals surface area contributed by atoms with Crippen LogP contribution in [0.3, 0.4) is 0 Å². The lowest BCUT2D eigenvalue weighted by atomic mass is 10.2. The highest BCUT2D eigenvalue weighted by molar-refractivity contribution is 5.92. The van der Waals surface area contributed by atoms with E-state index >= 15 is 0 Å². The summed E-state index contributed by atoms with van der Waals surface area (Å²) in [4.78, 5) is 39.6. The van der Waals surface area contributed by atoms with Crippen LogP contribution in [0, 0.1) is 6.92 Å². The van der Waals surface area contributed by atoms with Crippen molar-refractivity contribution in [1.82, 2.24) is 14.3 Å². The maximum atomic E-state index is 12.6. The van der Waals surface area contributed by atoms with Crippen LogP contribution in [0.5, 0.6) is 5.75 Å². The molecule has 3 aromatic rings. The molecule has 31 heavy (non-hydrogen) atoms. The average molecular weight is 421 g/mol. The smallest absolute Gasteiger partial charge is 0.333 e. The number of carbonyl (C=O) groups is 1. The topological polar surface area (TPSA) is 98.5 Å². The number of hydrogen-bond donors (Lipinski definition) is 1. The van der Waals surface area contributed by atoms with Gasteiger partial charge in [0.1, 0.15) is 12.3 Å². The first-order chi connectivity index (χ1) is 15.0. The molecule has 1 N–H and O–H groups in total. The summed E-state index contributed by atoms with van der Waals surface area (Å²) in [7, 11) is 0. The van der Waals surface area contributed by atoms with Crippen LogP contribution >= 0.6 is 0 Å². The zero-order valence-corrected chi connectivity index (χ0v) is 17.4. The number of amides is 1. The fraction of sp³-hybridized carbons (Fsp3) is 0.273. The highest BCUT2D eigenvalue weighted by Crippen LogP contribution is 2.26. The molecule has 0 saturated carbocycles. The first kappa shape index (κ1) is 20.4. The van der Waals surface area contributed by atoms with Gasteiger partial charge in [-0.15, -0.1) is 5.10 Å². The number of rotatable bonds is 6. The van der Waals surface area contributed by atoms with Crippen molar-refractivity contribution in [3.63, 3.8) is 0 Å². The first-order valence-electron chi connectivity index (χ1n) is 10.1. The van der Waals surface area contributed by atoms with Crippen molar-refractivity contribution in [1.29, 1.82) is 0 Å². The summed E-state index contributed by atoms with van der Waals surface area (Å²) in [5, 5.41) is 7.06. The number of aromatic nitrogens is 3. The minimum absolute atomic E-state index is 0.343. The predicted octanol–water partition coefficient (Wildman–Crippen LogP) is 1.90. The van der Waals surface area contributed by atoms with Crippen molar-refractivity contribution >= 4 is 23.2 Å². The molecule has 1 aromatic heterocycles. The van der Waals surface area contributed by atoms with Crippen molar-refractivity contribution in [3.05, 3.63) is 74.8 Å². The number of carbonyl (C=O) groups excluding carboxylic acids is 1. The number of ether oxygens (including phenoxy) is 1. The fourth-order valence-electron chi connectivity index (χ4n) is 3.48. The molecule has 0 aliphatic carbocycles. The molecule has 0 unspecified atom stereocenters. The van der Waals surface area contributed by atoms with Gasteiger partial charge in [-0.25, -0.2) is 4.68 Å². The Kier molecular flexibility index (Phi) is 5.57. The van der Waals surface area contributed by atoms with E-state index in [1.165, 1.54) is 4.57 Å². The van der Waals surface area contributed by atoms with Crippen LogP contribution in [0.25, 0.3) is 0 Å². The summed E-state index contributed by atoms with van der Waals surface area (Å²) in [6.07, 6.45) is 0. The fourth-order valence-corrected chi connectivity index (χ4v) is 3.48. The molecule has 2 heterocycles. The molecule has 1 aliphatic heterocycles. The van der Waals surface area contributed by atoms with E-state index in [1.807, 2.05) is 43.0 Å². The van der Waals surface area contributed by atoms with Gasteiger partial charge >= 0.3 is 11.1 Å². The second kappa shape index (κ2) is 8.47. The Morgan fingerprint density at radius 2 is 1.81 bits per heavy atom. The molecule has 1 amide bonds. The number of benzene rings is 2. The highest BCUT2D eigenvalue weighted by Gasteiger charge is 2.26. The third kappa shape index (κ3) is 4.07. The maximum absolute atomic E-state index is 12.6. The van der Waals surface area contributed by atoms with Gasteiger partial charge in [0, 0.05) is 18.8 Å². The molecule has 4 rings (SSSR count). The van der Waals surface area contributed by atoms with Crippen molar-refractivity contribution < 1.29 is 9.53 Å². The van der Waals surface area contributed by atoms with E-state index < -0.39 is 17.0 Å². The lowest BCUT2D eigenvalue weighted by Crippen LogP contribution is -2.44. The molecule has 0 radical (unpaired) electrons. The van der Waals surface area contributed by atoms with E-state index in [4.69, 9.17) is 4.74 Å². The van der Waals surface area contributed by atoms with E-state index in [1.54, 1.807) is 24.3 Å². The SMILES string of the molecule is CCOc1ccccc1NC(=O)Cn1nc2n(c(=O)c1=O)CCN2c1ccc(C)cc1. The van der Waals surface area contributed by atoms with Crippen LogP contribution < -0.4 is 26.1 Å². The van der Waals surface area contributed by atoms with Gasteiger partial charge in [0.15, 0.2) is 0 Å². The third-order valence-corrected chi connectivity index (χ3v) is 5.00. The number of para-hydroxylation sites is 2. The number of nitrogens with one attached hydrogen (secondary N) is 1. The van der Waals surface area contributed by atoms with Crippen LogP contribution in [0.4, 0.5) is 17.3 Å². The van der Waals surface area contributed by atoms with Crippen LogP contribution in [0.15, 0.2) is 58.1 Å². The Bertz CT molecular complexity index is 1230. The van der Waals surface area contributed by atoms with Crippen molar-refractivity contribution in [2.75, 3.05) is 23.4 Å². The number of aryl methyl sites for hydroxylation is 1. The molecular weight excluding hydrogens is 398 g/mol. The molecule has 0 bridgehead atoms. The van der Waals surface area contributed by atoms with E-state index in [-0.39, 0.29) is 6.54 Å². The number of nitrogens with zero attached hydrogens (tertiary/aromatic N) is 4. The number of anilines is 3. The Hall–Kier alpha value is -3.88. The van der Waals surface area contributed by atoms with E-state index in [0.717, 1.165) is 15.9 Å². The summed E-state index contributed by atoms with van der Waals surface area (Å²) in [6.45, 7) is 4.78. The van der Waals surface area contributed by atoms with Crippen molar-refractivity contribution in [2.24, 2.45) is 0 Å². The minimum Gasteiger partial charge on any atom is -0.492 e. The van der Waals surface area contributed by atoms with Crippen LogP contribution in [-0.4, -0.2) is 33.4 Å². The molecule has 0 saturated heterocycles. The quantitative estimate of drug-likeness (QED) is 0.611. The van der Waals surface area contributed by atoms with E-state index in [9.17, 15) is 14.4 Å². The molecule has 9 heteroatoms. The lowest BCUT2D eigenvalue weighted by molar-refractivity contribution is -0.117. The summed E-state index contributed by atoms with van der Waals surface area (Å²) < 4.78 is 7.77. The van der Waals surface area contributed by atoms with Gasteiger partial charge in [0.25, 0.3) is 0 Å². The van der Waals surface area contributed by atoms with E-state index in [2.05, 4.69) is 10.4 Å². The molecule has 1 aliphatic rings. The summed E-state index contributed by atoms with van der Waals surface area (Å²) in [6, 6.07) is 14.8. The lowest BCUT2D eigenvalue weighted by Gasteiger charge is -2.18. The average Bonchev–Trinajstić information content (AvgIpc) is 3.18. The van der Waals surface area contributed by atoms with Crippen molar-refractivity contribution in [3.8, 4) is 5.75 Å². The monoisotopic (exact) mass is 421 g/mol. The van der Waals surface area contributed by atoms with E-state index in [0.29, 0.717) is 37.1 Å². The Labute approximate surface area is 178 Å². The first-order valence-corrected chi connectivity index (χ1v) is 10.1. The molecule has 9 nitrogen and oxygen atoms in total. The molecule has 0 spiro atoms. The molecule has 2 aromatic carbocycles. The molecule has 160 valence electrons. The number of fused-ring (bicyclic) bond motifs is 1. The van der Waals surface area contributed by atoms with Gasteiger partial charge in [-0.2, -0.15) is 0 Å². The van der Waals surface area contributed by atoms with Gasteiger partial charge in [0.2, 0.25) is 11.9 Å². The summed E-state index contributed by atoms with van der Waals surface area (Å²) in [5.41, 5.74) is 0.942. The van der Waals surface area contributed by atoms with Gasteiger partial charge in [-0.3, -0.25) is 19.0 Å². The Morgan fingerprint density at radius 1 is 1.06 bits per heavy atom. The Morgan fingerprint density at radius 3 is 2.55 bits per heavy atom. The maximum Gasteiger partial charge on any atom is 0.333 e.